The molecule has 0 amide bonds. The SMILES string of the molecule is CCCN(CC)CCNC(=NCc1cc(OC)c(OC)c(OC)c1)NCC. The Morgan fingerprint density at radius 1 is 0.963 bits per heavy atom. The summed E-state index contributed by atoms with van der Waals surface area (Å²) < 4.78 is 16.2. The predicted molar refractivity (Wildman–Crippen MR) is 111 cm³/mol. The molecule has 0 bridgehead atoms. The molecule has 7 heteroatoms. The fourth-order valence-corrected chi connectivity index (χ4v) is 2.82. The van der Waals surface area contributed by atoms with Gasteiger partial charge in [-0.15, -0.1) is 0 Å². The van der Waals surface area contributed by atoms with Gasteiger partial charge in [0.1, 0.15) is 0 Å². The standard InChI is InChI=1S/C20H36N4O3/c1-7-11-24(9-3)12-10-22-20(21-8-2)23-15-16-13-17(25-4)19(27-6)18(14-16)26-5/h13-14H,7-12,15H2,1-6H3,(H2,21,22,23). The predicted octanol–water partition coefficient (Wildman–Crippen LogP) is 2.50. The smallest absolute Gasteiger partial charge is 0.203 e. The maximum atomic E-state index is 5.41. The number of methoxy groups -OCH3 is 3. The van der Waals surface area contributed by atoms with E-state index in [1.54, 1.807) is 21.3 Å². The molecule has 0 fully saturated rings. The van der Waals surface area contributed by atoms with E-state index < -0.39 is 0 Å². The third-order valence-electron chi connectivity index (χ3n) is 4.20. The molecule has 0 aliphatic carbocycles. The zero-order chi connectivity index (χ0) is 20.1. The van der Waals surface area contributed by atoms with Crippen LogP contribution in [0.3, 0.4) is 0 Å². The summed E-state index contributed by atoms with van der Waals surface area (Å²) in [5.41, 5.74) is 0.989. The zero-order valence-electron chi connectivity index (χ0n) is 17.7. The molecule has 1 aromatic rings. The van der Waals surface area contributed by atoms with Crippen molar-refractivity contribution in [2.45, 2.75) is 33.7 Å². The maximum Gasteiger partial charge on any atom is 0.203 e. The second-order valence-electron chi connectivity index (χ2n) is 6.09. The topological polar surface area (TPSA) is 67.4 Å². The Hall–Kier alpha value is -2.15. The Morgan fingerprint density at radius 3 is 2.11 bits per heavy atom. The first-order chi connectivity index (χ1) is 13.1. The molecular weight excluding hydrogens is 344 g/mol. The molecule has 0 spiro atoms. The third kappa shape index (κ3) is 7.54. The van der Waals surface area contributed by atoms with Gasteiger partial charge in [-0.25, -0.2) is 4.99 Å². The van der Waals surface area contributed by atoms with Crippen molar-refractivity contribution in [3.63, 3.8) is 0 Å². The number of hydrogen-bond donors (Lipinski definition) is 2. The van der Waals surface area contributed by atoms with Gasteiger partial charge in [0.25, 0.3) is 0 Å². The maximum absolute atomic E-state index is 5.41. The van der Waals surface area contributed by atoms with Crippen LogP contribution in [-0.2, 0) is 6.54 Å². The first-order valence-electron chi connectivity index (χ1n) is 9.66. The van der Waals surface area contributed by atoms with E-state index >= 15 is 0 Å². The van der Waals surface area contributed by atoms with Crippen molar-refractivity contribution >= 4 is 5.96 Å². The van der Waals surface area contributed by atoms with Crippen LogP contribution in [0, 0.1) is 0 Å². The zero-order valence-corrected chi connectivity index (χ0v) is 17.7. The van der Waals surface area contributed by atoms with Crippen LogP contribution in [0.1, 0.15) is 32.8 Å². The van der Waals surface area contributed by atoms with Gasteiger partial charge < -0.3 is 29.7 Å². The first-order valence-corrected chi connectivity index (χ1v) is 9.66. The van der Waals surface area contributed by atoms with Gasteiger partial charge in [0.05, 0.1) is 27.9 Å². The van der Waals surface area contributed by atoms with Gasteiger partial charge in [-0.05, 0) is 44.1 Å². The van der Waals surface area contributed by atoms with Gasteiger partial charge >= 0.3 is 0 Å². The molecule has 0 saturated heterocycles. The number of benzene rings is 1. The van der Waals surface area contributed by atoms with Gasteiger partial charge in [0, 0.05) is 19.6 Å². The summed E-state index contributed by atoms with van der Waals surface area (Å²) in [7, 11) is 4.83. The number of hydrogen-bond acceptors (Lipinski definition) is 5. The lowest BCUT2D eigenvalue weighted by molar-refractivity contribution is 0.293. The summed E-state index contributed by atoms with van der Waals surface area (Å²) in [6.45, 7) is 11.8. The fourth-order valence-electron chi connectivity index (χ4n) is 2.82. The number of rotatable bonds is 12. The van der Waals surface area contributed by atoms with Gasteiger partial charge in [-0.3, -0.25) is 0 Å². The van der Waals surface area contributed by atoms with Crippen LogP contribution >= 0.6 is 0 Å². The van der Waals surface area contributed by atoms with Crippen molar-refractivity contribution in [2.75, 3.05) is 54.1 Å². The number of likely N-dealkylation sites (N-methyl/N-ethyl adjacent to an activating group) is 1. The lowest BCUT2D eigenvalue weighted by atomic mass is 10.2. The van der Waals surface area contributed by atoms with Crippen molar-refractivity contribution in [3.8, 4) is 17.2 Å². The first kappa shape index (κ1) is 22.9. The molecule has 0 atom stereocenters. The van der Waals surface area contributed by atoms with Crippen molar-refractivity contribution in [2.24, 2.45) is 4.99 Å². The van der Waals surface area contributed by atoms with E-state index in [-0.39, 0.29) is 0 Å². The Kier molecular flexibility index (Phi) is 11.1. The molecule has 7 nitrogen and oxygen atoms in total. The van der Waals surface area contributed by atoms with Gasteiger partial charge in [-0.1, -0.05) is 13.8 Å². The monoisotopic (exact) mass is 380 g/mol. The number of nitrogens with one attached hydrogen (secondary N) is 2. The van der Waals surface area contributed by atoms with E-state index in [1.165, 1.54) is 6.42 Å². The molecule has 0 aliphatic rings. The van der Waals surface area contributed by atoms with Crippen molar-refractivity contribution in [3.05, 3.63) is 17.7 Å². The van der Waals surface area contributed by atoms with Crippen LogP contribution in [0.5, 0.6) is 17.2 Å². The third-order valence-corrected chi connectivity index (χ3v) is 4.20. The Labute approximate surface area is 164 Å². The summed E-state index contributed by atoms with van der Waals surface area (Å²) in [5, 5.41) is 6.69. The molecule has 27 heavy (non-hydrogen) atoms. The molecule has 0 aliphatic heterocycles. The highest BCUT2D eigenvalue weighted by atomic mass is 16.5. The largest absolute Gasteiger partial charge is 0.493 e. The Balaban J connectivity index is 2.79. The number of nitrogens with zero attached hydrogens (tertiary/aromatic N) is 2. The van der Waals surface area contributed by atoms with Crippen LogP contribution in [0.25, 0.3) is 0 Å². The lowest BCUT2D eigenvalue weighted by Gasteiger charge is -2.20. The highest BCUT2D eigenvalue weighted by molar-refractivity contribution is 5.79. The fraction of sp³-hybridized carbons (Fsp3) is 0.650. The normalized spacial score (nSPS) is 11.4. The average Bonchev–Trinajstić information content (AvgIpc) is 2.70. The molecule has 0 unspecified atom stereocenters. The molecule has 0 saturated carbocycles. The van der Waals surface area contributed by atoms with E-state index in [4.69, 9.17) is 14.2 Å². The summed E-state index contributed by atoms with van der Waals surface area (Å²) in [4.78, 5) is 7.11. The van der Waals surface area contributed by atoms with Crippen molar-refractivity contribution in [1.29, 1.82) is 0 Å². The minimum Gasteiger partial charge on any atom is -0.493 e. The molecule has 0 radical (unpaired) electrons. The molecule has 2 N–H and O–H groups in total. The van der Waals surface area contributed by atoms with E-state index in [9.17, 15) is 0 Å². The van der Waals surface area contributed by atoms with Crippen LogP contribution in [0.15, 0.2) is 17.1 Å². The number of guanidine groups is 1. The second kappa shape index (κ2) is 13.1. The Morgan fingerprint density at radius 2 is 1.63 bits per heavy atom. The molecule has 1 aromatic carbocycles. The average molecular weight is 381 g/mol. The molecule has 1 rings (SSSR count). The quantitative estimate of drug-likeness (QED) is 0.429. The van der Waals surface area contributed by atoms with Gasteiger partial charge in [0.15, 0.2) is 17.5 Å². The van der Waals surface area contributed by atoms with Crippen molar-refractivity contribution in [1.82, 2.24) is 15.5 Å². The minimum absolute atomic E-state index is 0.512. The highest BCUT2D eigenvalue weighted by Gasteiger charge is 2.13. The summed E-state index contributed by atoms with van der Waals surface area (Å²) in [6.07, 6.45) is 1.17. The summed E-state index contributed by atoms with van der Waals surface area (Å²) in [5.74, 6) is 2.67. The van der Waals surface area contributed by atoms with Crippen LogP contribution in [0.2, 0.25) is 0 Å². The van der Waals surface area contributed by atoms with Crippen LogP contribution < -0.4 is 24.8 Å². The molecule has 0 heterocycles. The van der Waals surface area contributed by atoms with E-state index in [0.29, 0.717) is 23.8 Å². The highest BCUT2D eigenvalue weighted by Crippen LogP contribution is 2.38. The number of aliphatic imine (C=N–C) groups is 1. The van der Waals surface area contributed by atoms with Crippen LogP contribution in [-0.4, -0.2) is 64.9 Å². The van der Waals surface area contributed by atoms with E-state index in [0.717, 1.165) is 44.2 Å². The minimum atomic E-state index is 0.512. The summed E-state index contributed by atoms with van der Waals surface area (Å²) in [6, 6.07) is 3.85. The molecule has 154 valence electrons. The lowest BCUT2D eigenvalue weighted by Crippen LogP contribution is -2.41. The van der Waals surface area contributed by atoms with E-state index in [1.807, 2.05) is 12.1 Å². The summed E-state index contributed by atoms with van der Waals surface area (Å²) >= 11 is 0. The van der Waals surface area contributed by atoms with Gasteiger partial charge in [0.2, 0.25) is 5.75 Å². The Bertz CT molecular complexity index is 553. The van der Waals surface area contributed by atoms with Crippen LogP contribution in [0.4, 0.5) is 0 Å². The van der Waals surface area contributed by atoms with Crippen molar-refractivity contribution < 1.29 is 14.2 Å². The van der Waals surface area contributed by atoms with E-state index in [2.05, 4.69) is 41.3 Å². The number of ether oxygens (including phenoxy) is 3. The van der Waals surface area contributed by atoms with Gasteiger partial charge in [-0.2, -0.15) is 0 Å². The molecule has 0 aromatic heterocycles. The molecular formula is C20H36N4O3. The second-order valence-corrected chi connectivity index (χ2v) is 6.09.